The standard InChI is InChI=1S/C72H114O6/c1-4-7-10-13-16-19-22-25-27-29-30-31-32-33-34-35-36-37-38-39-40-41-42-44-45-47-50-53-56-59-62-65-71(74)77-68-69(67-76-70(73)64-61-58-55-52-49-24-21-18-15-12-9-6-3)78-72(75)66-63-60-57-54-51-48-46-43-28-26-23-20-17-14-11-8-5-2/h7-8,10-11,16-21,25-28,30-31,33-34,36-37,39-40,42,44,47,50,69H,4-6,9,12-15,22-24,29,32,35,38,41,43,45-46,48-49,51-68H2,1-3H3/b10-7-,11-8-,19-16-,20-17-,21-18-,27-25-,28-26-,31-30-,34-33-,37-36-,40-39-,44-42-,50-47-. The molecule has 1 atom stereocenters. The maximum Gasteiger partial charge on any atom is 0.306 e. The average Bonchev–Trinajstić information content (AvgIpc) is 3.44. The van der Waals surface area contributed by atoms with Gasteiger partial charge in [0.15, 0.2) is 6.10 Å². The van der Waals surface area contributed by atoms with Crippen LogP contribution in [0.15, 0.2) is 158 Å². The third-order valence-electron chi connectivity index (χ3n) is 12.7. The number of hydrogen-bond acceptors (Lipinski definition) is 6. The van der Waals surface area contributed by atoms with E-state index >= 15 is 0 Å². The van der Waals surface area contributed by atoms with Crippen molar-refractivity contribution in [2.75, 3.05) is 13.2 Å². The molecule has 1 unspecified atom stereocenters. The van der Waals surface area contributed by atoms with Crippen molar-refractivity contribution in [1.29, 1.82) is 0 Å². The van der Waals surface area contributed by atoms with Crippen LogP contribution in [0.4, 0.5) is 0 Å². The fraction of sp³-hybridized carbons (Fsp3) is 0.597. The van der Waals surface area contributed by atoms with E-state index in [2.05, 4.69) is 179 Å². The summed E-state index contributed by atoms with van der Waals surface area (Å²) in [5, 5.41) is 0. The van der Waals surface area contributed by atoms with Crippen molar-refractivity contribution in [3.8, 4) is 0 Å². The van der Waals surface area contributed by atoms with Crippen LogP contribution < -0.4 is 0 Å². The van der Waals surface area contributed by atoms with Crippen LogP contribution in [0.3, 0.4) is 0 Å². The Labute approximate surface area is 480 Å². The van der Waals surface area contributed by atoms with Crippen molar-refractivity contribution < 1.29 is 28.6 Å². The lowest BCUT2D eigenvalue weighted by atomic mass is 10.1. The summed E-state index contributed by atoms with van der Waals surface area (Å²) in [5.74, 6) is -0.960. The van der Waals surface area contributed by atoms with Crippen LogP contribution in [0.1, 0.15) is 258 Å². The first-order valence-corrected chi connectivity index (χ1v) is 31.5. The lowest BCUT2D eigenvalue weighted by molar-refractivity contribution is -0.167. The number of esters is 3. The van der Waals surface area contributed by atoms with Crippen LogP contribution in [0.2, 0.25) is 0 Å². The zero-order valence-electron chi connectivity index (χ0n) is 50.1. The first kappa shape index (κ1) is 73.0. The van der Waals surface area contributed by atoms with Gasteiger partial charge in [0.2, 0.25) is 0 Å². The number of hydrogen-bond donors (Lipinski definition) is 0. The van der Waals surface area contributed by atoms with Crippen LogP contribution in [-0.2, 0) is 28.6 Å². The second kappa shape index (κ2) is 64.6. The molecule has 0 aliphatic rings. The lowest BCUT2D eigenvalue weighted by Crippen LogP contribution is -2.30. The Hall–Kier alpha value is -4.97. The van der Waals surface area contributed by atoms with Gasteiger partial charge in [-0.25, -0.2) is 0 Å². The van der Waals surface area contributed by atoms with Crippen LogP contribution in [0.25, 0.3) is 0 Å². The third-order valence-corrected chi connectivity index (χ3v) is 12.7. The molecule has 0 radical (unpaired) electrons. The van der Waals surface area contributed by atoms with Crippen LogP contribution in [-0.4, -0.2) is 37.2 Å². The summed E-state index contributed by atoms with van der Waals surface area (Å²) in [6.07, 6.45) is 93.9. The number of carbonyl (C=O) groups is 3. The largest absolute Gasteiger partial charge is 0.462 e. The maximum atomic E-state index is 12.9. The van der Waals surface area contributed by atoms with Gasteiger partial charge in [0, 0.05) is 19.3 Å². The molecule has 0 fully saturated rings. The molecule has 0 bridgehead atoms. The van der Waals surface area contributed by atoms with Gasteiger partial charge in [0.25, 0.3) is 0 Å². The predicted molar refractivity (Wildman–Crippen MR) is 338 cm³/mol. The van der Waals surface area contributed by atoms with Crippen LogP contribution >= 0.6 is 0 Å². The minimum atomic E-state index is -0.808. The van der Waals surface area contributed by atoms with Crippen molar-refractivity contribution in [3.63, 3.8) is 0 Å². The quantitative estimate of drug-likeness (QED) is 0.0261. The topological polar surface area (TPSA) is 78.9 Å². The molecular weight excluding hydrogens is 961 g/mol. The second-order valence-corrected chi connectivity index (χ2v) is 20.2. The van der Waals surface area contributed by atoms with Gasteiger partial charge >= 0.3 is 17.9 Å². The van der Waals surface area contributed by atoms with Crippen LogP contribution in [0.5, 0.6) is 0 Å². The SMILES string of the molecule is CC/C=C\C/C=C\C/C=C\C/C=C\C/C=C\C/C=C\C/C=C\C/C=C\C/C=C\CCCCCC(=O)OCC(COC(=O)CCCCCCC/C=C\CCCCC)OC(=O)CCCCCCCCC/C=C\C/C=C\C/C=C\CC. The lowest BCUT2D eigenvalue weighted by Gasteiger charge is -2.18. The van der Waals surface area contributed by atoms with E-state index in [0.717, 1.165) is 161 Å². The summed E-state index contributed by atoms with van der Waals surface area (Å²) in [7, 11) is 0. The molecule has 6 nitrogen and oxygen atoms in total. The van der Waals surface area contributed by atoms with Crippen molar-refractivity contribution in [2.24, 2.45) is 0 Å². The van der Waals surface area contributed by atoms with Crippen molar-refractivity contribution in [3.05, 3.63) is 158 Å². The van der Waals surface area contributed by atoms with Crippen LogP contribution in [0, 0.1) is 0 Å². The first-order valence-electron chi connectivity index (χ1n) is 31.5. The highest BCUT2D eigenvalue weighted by Crippen LogP contribution is 2.14. The minimum absolute atomic E-state index is 0.103. The summed E-state index contributed by atoms with van der Waals surface area (Å²) < 4.78 is 16.8. The molecule has 0 aromatic carbocycles. The molecule has 0 aliphatic heterocycles. The highest BCUT2D eigenvalue weighted by molar-refractivity contribution is 5.71. The molecule has 0 saturated carbocycles. The molecule has 438 valence electrons. The minimum Gasteiger partial charge on any atom is -0.462 e. The monoisotopic (exact) mass is 1070 g/mol. The molecule has 0 aliphatic carbocycles. The molecule has 0 spiro atoms. The highest BCUT2D eigenvalue weighted by atomic mass is 16.6. The maximum absolute atomic E-state index is 12.9. The Morgan fingerprint density at radius 3 is 0.808 bits per heavy atom. The zero-order chi connectivity index (χ0) is 56.4. The second-order valence-electron chi connectivity index (χ2n) is 20.2. The Morgan fingerprint density at radius 1 is 0.269 bits per heavy atom. The number of unbranched alkanes of at least 4 members (excludes halogenated alkanes) is 18. The van der Waals surface area contributed by atoms with E-state index in [0.29, 0.717) is 19.3 Å². The van der Waals surface area contributed by atoms with Gasteiger partial charge in [-0.3, -0.25) is 14.4 Å². The van der Waals surface area contributed by atoms with Gasteiger partial charge in [-0.05, 0) is 148 Å². The highest BCUT2D eigenvalue weighted by Gasteiger charge is 2.19. The predicted octanol–water partition coefficient (Wildman–Crippen LogP) is 21.7. The normalized spacial score (nSPS) is 13.2. The van der Waals surface area contributed by atoms with Gasteiger partial charge in [0.1, 0.15) is 13.2 Å². The van der Waals surface area contributed by atoms with Gasteiger partial charge in [-0.2, -0.15) is 0 Å². The fourth-order valence-corrected chi connectivity index (χ4v) is 8.09. The van der Waals surface area contributed by atoms with Gasteiger partial charge in [-0.15, -0.1) is 0 Å². The van der Waals surface area contributed by atoms with E-state index in [1.54, 1.807) is 0 Å². The Balaban J connectivity index is 4.40. The summed E-state index contributed by atoms with van der Waals surface area (Å²) in [6, 6.07) is 0. The third kappa shape index (κ3) is 61.9. The zero-order valence-corrected chi connectivity index (χ0v) is 50.1. The van der Waals surface area contributed by atoms with E-state index in [1.165, 1.54) is 57.8 Å². The molecule has 0 heterocycles. The van der Waals surface area contributed by atoms with E-state index in [1.807, 2.05) is 0 Å². The summed E-state index contributed by atoms with van der Waals surface area (Å²) in [6.45, 7) is 6.34. The number of ether oxygens (including phenoxy) is 3. The Morgan fingerprint density at radius 2 is 0.500 bits per heavy atom. The number of rotatable bonds is 55. The molecule has 0 rings (SSSR count). The van der Waals surface area contributed by atoms with E-state index in [9.17, 15) is 14.4 Å². The van der Waals surface area contributed by atoms with Gasteiger partial charge in [-0.1, -0.05) is 249 Å². The number of allylic oxidation sites excluding steroid dienone is 26. The molecule has 0 N–H and O–H groups in total. The fourth-order valence-electron chi connectivity index (χ4n) is 8.09. The smallest absolute Gasteiger partial charge is 0.306 e. The molecule has 0 amide bonds. The van der Waals surface area contributed by atoms with E-state index in [4.69, 9.17) is 14.2 Å². The molecule has 0 aromatic rings. The van der Waals surface area contributed by atoms with Gasteiger partial charge in [0.05, 0.1) is 0 Å². The van der Waals surface area contributed by atoms with Gasteiger partial charge < -0.3 is 14.2 Å². The Kier molecular flexibility index (Phi) is 60.4. The molecule has 6 heteroatoms. The average molecular weight is 1080 g/mol. The van der Waals surface area contributed by atoms with E-state index < -0.39 is 6.10 Å². The Bertz CT molecular complexity index is 1760. The molecule has 0 saturated heterocycles. The van der Waals surface area contributed by atoms with Crippen molar-refractivity contribution >= 4 is 17.9 Å². The summed E-state index contributed by atoms with van der Waals surface area (Å²) in [5.41, 5.74) is 0. The first-order chi connectivity index (χ1) is 38.5. The number of carbonyl (C=O) groups excluding carboxylic acids is 3. The van der Waals surface area contributed by atoms with Crippen molar-refractivity contribution in [2.45, 2.75) is 264 Å². The molecular formula is C72H114O6. The van der Waals surface area contributed by atoms with Crippen molar-refractivity contribution in [1.82, 2.24) is 0 Å². The van der Waals surface area contributed by atoms with E-state index in [-0.39, 0.29) is 31.1 Å². The summed E-state index contributed by atoms with van der Waals surface area (Å²) >= 11 is 0. The molecule has 0 aromatic heterocycles. The summed E-state index contributed by atoms with van der Waals surface area (Å²) in [4.78, 5) is 38.2. The molecule has 78 heavy (non-hydrogen) atoms.